The molecule has 0 fully saturated rings. The van der Waals surface area contributed by atoms with E-state index in [-0.39, 0.29) is 5.78 Å². The van der Waals surface area contributed by atoms with Gasteiger partial charge in [0.2, 0.25) is 0 Å². The minimum Gasteiger partial charge on any atom is -0.444 e. The molecule has 0 saturated carbocycles. The highest BCUT2D eigenvalue weighted by atomic mass is 16.6. The molecule has 1 aromatic carbocycles. The highest BCUT2D eigenvalue weighted by molar-refractivity contribution is 6.00. The molecule has 0 unspecified atom stereocenters. The van der Waals surface area contributed by atoms with E-state index in [1.807, 2.05) is 57.2 Å². The van der Waals surface area contributed by atoms with Gasteiger partial charge in [-0.25, -0.2) is 4.79 Å². The van der Waals surface area contributed by atoms with Gasteiger partial charge in [0.25, 0.3) is 0 Å². The molecule has 0 atom stereocenters. The van der Waals surface area contributed by atoms with Crippen molar-refractivity contribution in [2.45, 2.75) is 52.8 Å². The molecule has 1 aliphatic rings. The summed E-state index contributed by atoms with van der Waals surface area (Å²) in [7, 11) is 0. The smallest absolute Gasteiger partial charge is 0.410 e. The van der Waals surface area contributed by atoms with Crippen LogP contribution in [0.5, 0.6) is 0 Å². The second-order valence-electron chi connectivity index (χ2n) is 8.36. The molecule has 6 nitrogen and oxygen atoms in total. The Morgan fingerprint density at radius 2 is 1.90 bits per heavy atom. The highest BCUT2D eigenvalue weighted by Gasteiger charge is 2.24. The van der Waals surface area contributed by atoms with Crippen LogP contribution in [0.4, 0.5) is 10.5 Å². The molecule has 1 amide bonds. The second kappa shape index (κ2) is 8.07. The third-order valence-electron chi connectivity index (χ3n) is 4.55. The first-order chi connectivity index (χ1) is 13.6. The lowest BCUT2D eigenvalue weighted by Crippen LogP contribution is -2.36. The Morgan fingerprint density at radius 3 is 2.55 bits per heavy atom. The van der Waals surface area contributed by atoms with Gasteiger partial charge < -0.3 is 10.5 Å². The fourth-order valence-electron chi connectivity index (χ4n) is 3.20. The summed E-state index contributed by atoms with van der Waals surface area (Å²) in [6, 6.07) is 9.43. The molecule has 0 aliphatic heterocycles. The Hall–Kier alpha value is -3.15. The molecule has 0 spiro atoms. The van der Waals surface area contributed by atoms with Gasteiger partial charge in [0, 0.05) is 30.4 Å². The van der Waals surface area contributed by atoms with E-state index in [0.717, 1.165) is 28.0 Å². The van der Waals surface area contributed by atoms with Crippen molar-refractivity contribution in [3.8, 4) is 0 Å². The Labute approximate surface area is 171 Å². The summed E-state index contributed by atoms with van der Waals surface area (Å²) < 4.78 is 5.59. The van der Waals surface area contributed by atoms with Crippen molar-refractivity contribution in [1.82, 2.24) is 9.88 Å². The quantitative estimate of drug-likeness (QED) is 0.772. The van der Waals surface area contributed by atoms with E-state index >= 15 is 0 Å². The molecule has 2 aromatic rings. The van der Waals surface area contributed by atoms with E-state index in [2.05, 4.69) is 4.98 Å². The number of amides is 1. The number of nitrogen functional groups attached to an aromatic ring is 1. The van der Waals surface area contributed by atoms with Gasteiger partial charge in [0.15, 0.2) is 5.78 Å². The van der Waals surface area contributed by atoms with Crippen LogP contribution in [0.25, 0.3) is 6.08 Å². The summed E-state index contributed by atoms with van der Waals surface area (Å²) >= 11 is 0. The standard InChI is InChI=1S/C23H27N3O3/c1-15(27)18-10-19-8-17(12-25-21(19)11-18)14-26(22(28)29-23(2,3)4)13-16-6-5-7-20(24)9-16/h5-10,12H,11,13-14,24H2,1-4H3. The van der Waals surface area contributed by atoms with E-state index in [4.69, 9.17) is 10.5 Å². The van der Waals surface area contributed by atoms with Crippen LogP contribution in [0.3, 0.4) is 0 Å². The minimum absolute atomic E-state index is 0.0570. The van der Waals surface area contributed by atoms with Crippen LogP contribution < -0.4 is 5.73 Å². The summed E-state index contributed by atoms with van der Waals surface area (Å²) in [6.07, 6.45) is 3.79. The number of ether oxygens (including phenoxy) is 1. The van der Waals surface area contributed by atoms with Crippen LogP contribution in [0.1, 0.15) is 50.1 Å². The van der Waals surface area contributed by atoms with E-state index in [1.165, 1.54) is 0 Å². The van der Waals surface area contributed by atoms with Gasteiger partial charge in [-0.2, -0.15) is 0 Å². The van der Waals surface area contributed by atoms with Gasteiger partial charge >= 0.3 is 6.09 Å². The van der Waals surface area contributed by atoms with Crippen LogP contribution in [0.2, 0.25) is 0 Å². The van der Waals surface area contributed by atoms with Crippen molar-refractivity contribution >= 4 is 23.6 Å². The van der Waals surface area contributed by atoms with E-state index in [0.29, 0.717) is 25.2 Å². The number of hydrogen-bond donors (Lipinski definition) is 1. The maximum absolute atomic E-state index is 12.8. The summed E-state index contributed by atoms with van der Waals surface area (Å²) in [5, 5.41) is 0. The van der Waals surface area contributed by atoms with Gasteiger partial charge in [-0.3, -0.25) is 14.7 Å². The van der Waals surface area contributed by atoms with Gasteiger partial charge in [0.1, 0.15) is 5.60 Å². The van der Waals surface area contributed by atoms with Gasteiger partial charge in [-0.15, -0.1) is 0 Å². The van der Waals surface area contributed by atoms with E-state index in [1.54, 1.807) is 18.0 Å². The molecule has 0 bridgehead atoms. The number of carbonyl (C=O) groups is 2. The molecule has 29 heavy (non-hydrogen) atoms. The first-order valence-corrected chi connectivity index (χ1v) is 9.62. The number of ketones is 1. The van der Waals surface area contributed by atoms with Crippen molar-refractivity contribution in [2.24, 2.45) is 0 Å². The van der Waals surface area contributed by atoms with Crippen molar-refractivity contribution in [1.29, 1.82) is 0 Å². The average molecular weight is 393 g/mol. The number of benzene rings is 1. The summed E-state index contributed by atoms with van der Waals surface area (Å²) in [6.45, 7) is 7.80. The topological polar surface area (TPSA) is 85.5 Å². The summed E-state index contributed by atoms with van der Waals surface area (Å²) in [5.74, 6) is 0.0570. The molecular weight excluding hydrogens is 366 g/mol. The van der Waals surface area contributed by atoms with E-state index < -0.39 is 11.7 Å². The van der Waals surface area contributed by atoms with Gasteiger partial charge in [-0.05, 0) is 68.7 Å². The number of anilines is 1. The largest absolute Gasteiger partial charge is 0.444 e. The van der Waals surface area contributed by atoms with Crippen LogP contribution in [-0.4, -0.2) is 27.4 Å². The third-order valence-corrected chi connectivity index (χ3v) is 4.55. The number of nitrogens with zero attached hydrogens (tertiary/aromatic N) is 2. The predicted molar refractivity (Wildman–Crippen MR) is 113 cm³/mol. The first-order valence-electron chi connectivity index (χ1n) is 9.62. The first kappa shape index (κ1) is 20.6. The number of carbonyl (C=O) groups excluding carboxylic acids is 2. The van der Waals surface area contributed by atoms with Crippen molar-refractivity contribution in [3.63, 3.8) is 0 Å². The van der Waals surface area contributed by atoms with Gasteiger partial charge in [0.05, 0.1) is 12.2 Å². The Balaban J connectivity index is 1.84. The van der Waals surface area contributed by atoms with Crippen LogP contribution in [0, 0.1) is 0 Å². The molecule has 1 aromatic heterocycles. The summed E-state index contributed by atoms with van der Waals surface area (Å²) in [4.78, 5) is 30.6. The van der Waals surface area contributed by atoms with Crippen LogP contribution >= 0.6 is 0 Å². The van der Waals surface area contributed by atoms with E-state index in [9.17, 15) is 9.59 Å². The molecule has 152 valence electrons. The summed E-state index contributed by atoms with van der Waals surface area (Å²) in [5.41, 5.74) is 10.3. The molecule has 6 heteroatoms. The SMILES string of the molecule is CC(=O)C1=Cc2cc(CN(Cc3cccc(N)c3)C(=O)OC(C)(C)C)cnc2C1. The maximum Gasteiger partial charge on any atom is 0.410 e. The molecule has 1 aliphatic carbocycles. The number of pyridine rings is 1. The zero-order chi connectivity index (χ0) is 21.2. The zero-order valence-corrected chi connectivity index (χ0v) is 17.4. The normalized spacial score (nSPS) is 12.9. The fourth-order valence-corrected chi connectivity index (χ4v) is 3.20. The monoisotopic (exact) mass is 393 g/mol. The fraction of sp³-hybridized carbons (Fsp3) is 0.348. The molecule has 2 N–H and O–H groups in total. The Kier molecular flexibility index (Phi) is 5.73. The van der Waals surface area contributed by atoms with Crippen LogP contribution in [-0.2, 0) is 29.0 Å². The number of aromatic nitrogens is 1. The lowest BCUT2D eigenvalue weighted by atomic mass is 10.1. The molecule has 1 heterocycles. The average Bonchev–Trinajstić information content (AvgIpc) is 3.03. The predicted octanol–water partition coefficient (Wildman–Crippen LogP) is 4.13. The molecule has 0 radical (unpaired) electrons. The maximum atomic E-state index is 12.8. The Morgan fingerprint density at radius 1 is 1.17 bits per heavy atom. The van der Waals surface area contributed by atoms with Gasteiger partial charge in [-0.1, -0.05) is 12.1 Å². The minimum atomic E-state index is -0.597. The van der Waals surface area contributed by atoms with Crippen LogP contribution in [0.15, 0.2) is 42.1 Å². The number of nitrogens with two attached hydrogens (primary N) is 1. The molecule has 3 rings (SSSR count). The second-order valence-corrected chi connectivity index (χ2v) is 8.36. The lowest BCUT2D eigenvalue weighted by Gasteiger charge is -2.27. The number of rotatable bonds is 5. The van der Waals surface area contributed by atoms with Crippen molar-refractivity contribution in [3.05, 3.63) is 64.5 Å². The van der Waals surface area contributed by atoms with Crippen molar-refractivity contribution in [2.75, 3.05) is 5.73 Å². The lowest BCUT2D eigenvalue weighted by molar-refractivity contribution is -0.113. The number of Topliss-reactive ketones (excluding diaryl/α,β-unsaturated/α-hetero) is 1. The molecular formula is C23H27N3O3. The number of fused-ring (bicyclic) bond motifs is 1. The Bertz CT molecular complexity index is 974. The zero-order valence-electron chi connectivity index (χ0n) is 17.4. The molecule has 0 saturated heterocycles. The number of hydrogen-bond acceptors (Lipinski definition) is 5. The highest BCUT2D eigenvalue weighted by Crippen LogP contribution is 2.25. The van der Waals surface area contributed by atoms with Crippen molar-refractivity contribution < 1.29 is 14.3 Å². The third kappa shape index (κ3) is 5.44. The number of allylic oxidation sites excluding steroid dienone is 1.